The van der Waals surface area contributed by atoms with Gasteiger partial charge >= 0.3 is 0 Å². The third-order valence-corrected chi connectivity index (χ3v) is 8.61. The lowest BCUT2D eigenvalue weighted by Crippen LogP contribution is -2.51. The van der Waals surface area contributed by atoms with Crippen LogP contribution in [0.3, 0.4) is 0 Å². The molecule has 0 rings (SSSR count). The van der Waals surface area contributed by atoms with E-state index in [2.05, 4.69) is 41.5 Å². The Morgan fingerprint density at radius 3 is 0.717 bits per heavy atom. The van der Waals surface area contributed by atoms with Crippen LogP contribution in [0, 0.1) is 0 Å². The van der Waals surface area contributed by atoms with Crippen molar-refractivity contribution in [2.75, 3.05) is 52.4 Å². The Morgan fingerprint density at radius 1 is 0.435 bits per heavy atom. The van der Waals surface area contributed by atoms with E-state index in [1.807, 2.05) is 0 Å². The first-order valence-electron chi connectivity index (χ1n) is 18.3. The highest BCUT2D eigenvalue weighted by atomic mass is 16.4. The summed E-state index contributed by atoms with van der Waals surface area (Å²) >= 11 is 0. The van der Waals surface area contributed by atoms with Gasteiger partial charge in [-0.25, -0.2) is 0 Å². The van der Waals surface area contributed by atoms with Crippen LogP contribution < -0.4 is 10.2 Å². The lowest BCUT2D eigenvalue weighted by molar-refractivity contribution is -0.929. The third kappa shape index (κ3) is 32.6. The summed E-state index contributed by atoms with van der Waals surface area (Å²) in [5, 5.41) is 34.6. The molecule has 0 aliphatic carbocycles. The van der Waals surface area contributed by atoms with E-state index in [-0.39, 0.29) is 11.0 Å². The SMILES string of the molecule is CCCC[N+](CCCC)(CCCC)CCCCCC[N+](CCCC)(CCCC)CCCC.C[C@H](O)C(=O)[O-].C[C@H](O)C(=O)[O-].O.O. The Labute approximate surface area is 284 Å². The molecule has 0 aliphatic heterocycles. The van der Waals surface area contributed by atoms with E-state index in [9.17, 15) is 19.8 Å². The molecule has 0 aromatic carbocycles. The first-order chi connectivity index (χ1) is 20.9. The quantitative estimate of drug-likeness (QED) is 0.0996. The molecule has 0 amide bonds. The van der Waals surface area contributed by atoms with Crippen molar-refractivity contribution < 1.29 is 49.9 Å². The molecule has 0 saturated carbocycles. The predicted molar refractivity (Wildman–Crippen MR) is 188 cm³/mol. The number of carbonyl (C=O) groups excluding carboxylic acids is 2. The highest BCUT2D eigenvalue weighted by molar-refractivity contribution is 5.69. The number of aliphatic hydroxyl groups excluding tert-OH is 2. The topological polar surface area (TPSA) is 184 Å². The van der Waals surface area contributed by atoms with Crippen molar-refractivity contribution in [1.82, 2.24) is 0 Å². The summed E-state index contributed by atoms with van der Waals surface area (Å²) in [5.74, 6) is -2.87. The number of aliphatic carboxylic acids is 2. The lowest BCUT2D eigenvalue weighted by atomic mass is 10.1. The number of quaternary nitrogens is 2. The van der Waals surface area contributed by atoms with Gasteiger partial charge in [-0.15, -0.1) is 0 Å². The molecule has 0 unspecified atom stereocenters. The Bertz CT molecular complexity index is 550. The largest absolute Gasteiger partial charge is 0.547 e. The summed E-state index contributed by atoms with van der Waals surface area (Å²) in [5.41, 5.74) is 0. The molecule has 0 saturated heterocycles. The minimum Gasteiger partial charge on any atom is -0.547 e. The van der Waals surface area contributed by atoms with Gasteiger partial charge in [0.05, 0.1) is 76.5 Å². The first kappa shape index (κ1) is 54.2. The molecular formula is C36H80N2O8. The van der Waals surface area contributed by atoms with Crippen molar-refractivity contribution in [3.8, 4) is 0 Å². The monoisotopic (exact) mass is 669 g/mol. The standard InChI is InChI=1S/C30H66N2.2C3H6O3.2H2O/c1-7-13-23-31(24-14-8-2,25-15-9-3)29-21-19-20-22-30-32(26-16-10-4,27-17-11-5)28-18-12-6;2*1-2(4)3(5)6;;/h7-30H2,1-6H3;2*2,4H,1H3,(H,5,6);2*1H2/q+2;;;;/p-2/t;2*2-;;/m.00../s1. The number of rotatable bonds is 27. The minimum absolute atomic E-state index is 0. The molecule has 10 heteroatoms. The average Bonchev–Trinajstić information content (AvgIpc) is 3.00. The number of hydrogen-bond donors (Lipinski definition) is 2. The highest BCUT2D eigenvalue weighted by Crippen LogP contribution is 2.20. The highest BCUT2D eigenvalue weighted by Gasteiger charge is 2.27. The maximum atomic E-state index is 9.34. The van der Waals surface area contributed by atoms with Crippen molar-refractivity contribution in [2.45, 2.75) is 170 Å². The van der Waals surface area contributed by atoms with E-state index in [1.165, 1.54) is 164 Å². The second-order valence-electron chi connectivity index (χ2n) is 13.0. The molecule has 6 N–H and O–H groups in total. The van der Waals surface area contributed by atoms with Gasteiger partial charge in [-0.05, 0) is 78.1 Å². The van der Waals surface area contributed by atoms with Gasteiger partial charge in [0.1, 0.15) is 0 Å². The van der Waals surface area contributed by atoms with Gasteiger partial charge in [-0.3, -0.25) is 0 Å². The maximum absolute atomic E-state index is 9.34. The smallest absolute Gasteiger partial charge is 0.0905 e. The van der Waals surface area contributed by atoms with Crippen molar-refractivity contribution in [3.05, 3.63) is 0 Å². The molecule has 46 heavy (non-hydrogen) atoms. The van der Waals surface area contributed by atoms with Crippen LogP contribution in [0.1, 0.15) is 158 Å². The number of carbonyl (C=O) groups is 2. The van der Waals surface area contributed by atoms with Crippen LogP contribution in [0.25, 0.3) is 0 Å². The summed E-state index contributed by atoms with van der Waals surface area (Å²) in [6.45, 7) is 28.0. The normalized spacial score (nSPS) is 12.3. The number of aliphatic hydroxyl groups is 2. The molecule has 0 bridgehead atoms. The molecule has 0 spiro atoms. The fraction of sp³-hybridized carbons (Fsp3) is 0.944. The van der Waals surface area contributed by atoms with Crippen LogP contribution in [-0.2, 0) is 9.59 Å². The molecule has 0 fully saturated rings. The number of carboxylic acid groups (broad SMARTS) is 2. The second kappa shape index (κ2) is 36.5. The van der Waals surface area contributed by atoms with Crippen molar-refractivity contribution in [2.24, 2.45) is 0 Å². The van der Waals surface area contributed by atoms with E-state index in [4.69, 9.17) is 10.2 Å². The number of carboxylic acids is 2. The zero-order valence-corrected chi connectivity index (χ0v) is 31.5. The van der Waals surface area contributed by atoms with Crippen LogP contribution in [0.15, 0.2) is 0 Å². The molecule has 0 heterocycles. The zero-order valence-electron chi connectivity index (χ0n) is 31.5. The summed E-state index contributed by atoms with van der Waals surface area (Å²) < 4.78 is 2.86. The fourth-order valence-electron chi connectivity index (χ4n) is 5.55. The first-order valence-corrected chi connectivity index (χ1v) is 18.3. The molecule has 0 aromatic heterocycles. The number of hydrogen-bond acceptors (Lipinski definition) is 6. The van der Waals surface area contributed by atoms with Crippen LogP contribution in [0.2, 0.25) is 0 Å². The Balaban J connectivity index is -0.000000337. The van der Waals surface area contributed by atoms with E-state index >= 15 is 0 Å². The van der Waals surface area contributed by atoms with E-state index in [0.717, 1.165) is 13.8 Å². The molecule has 10 nitrogen and oxygen atoms in total. The molecule has 2 atom stereocenters. The Kier molecular flexibility index (Phi) is 43.0. The molecule has 0 aromatic rings. The van der Waals surface area contributed by atoms with Crippen LogP contribution >= 0.6 is 0 Å². The van der Waals surface area contributed by atoms with Gasteiger partial charge < -0.3 is 49.9 Å². The summed E-state index contributed by atoms with van der Waals surface area (Å²) in [6, 6.07) is 0. The summed E-state index contributed by atoms with van der Waals surface area (Å²) in [6.07, 6.45) is 19.8. The zero-order chi connectivity index (χ0) is 34.3. The lowest BCUT2D eigenvalue weighted by Gasteiger charge is -2.40. The number of unbranched alkanes of at least 4 members (excludes halogenated alkanes) is 9. The molecule has 0 aliphatic rings. The van der Waals surface area contributed by atoms with Gasteiger partial charge in [0.25, 0.3) is 0 Å². The van der Waals surface area contributed by atoms with Gasteiger partial charge in [-0.1, -0.05) is 80.1 Å². The van der Waals surface area contributed by atoms with Gasteiger partial charge in [0, 0.05) is 0 Å². The van der Waals surface area contributed by atoms with E-state index in [1.54, 1.807) is 0 Å². The van der Waals surface area contributed by atoms with Gasteiger partial charge in [0.15, 0.2) is 0 Å². The summed E-state index contributed by atoms with van der Waals surface area (Å²) in [7, 11) is 0. The minimum atomic E-state index is -1.44. The second-order valence-corrected chi connectivity index (χ2v) is 13.0. The Hall–Kier alpha value is -1.30. The van der Waals surface area contributed by atoms with Crippen LogP contribution in [-0.4, -0.2) is 107 Å². The maximum Gasteiger partial charge on any atom is 0.0905 e. The van der Waals surface area contributed by atoms with Crippen molar-refractivity contribution in [1.29, 1.82) is 0 Å². The van der Waals surface area contributed by atoms with Gasteiger partial charge in [-0.2, -0.15) is 0 Å². The van der Waals surface area contributed by atoms with Crippen molar-refractivity contribution in [3.63, 3.8) is 0 Å². The molecule has 0 radical (unpaired) electrons. The predicted octanol–water partition coefficient (Wildman–Crippen LogP) is 3.57. The molecular weight excluding hydrogens is 588 g/mol. The molecule has 282 valence electrons. The van der Waals surface area contributed by atoms with E-state index in [0.29, 0.717) is 0 Å². The van der Waals surface area contributed by atoms with Crippen LogP contribution in [0.5, 0.6) is 0 Å². The van der Waals surface area contributed by atoms with E-state index < -0.39 is 24.1 Å². The summed E-state index contributed by atoms with van der Waals surface area (Å²) in [4.78, 5) is 18.7. The average molecular weight is 669 g/mol. The fourth-order valence-corrected chi connectivity index (χ4v) is 5.55. The Morgan fingerprint density at radius 2 is 0.587 bits per heavy atom. The van der Waals surface area contributed by atoms with Crippen LogP contribution in [0.4, 0.5) is 0 Å². The van der Waals surface area contributed by atoms with Crippen molar-refractivity contribution >= 4 is 11.9 Å². The number of nitrogens with zero attached hydrogens (tertiary/aromatic N) is 2. The van der Waals surface area contributed by atoms with Gasteiger partial charge in [0.2, 0.25) is 0 Å². The third-order valence-electron chi connectivity index (χ3n) is 8.61.